The minimum atomic E-state index is -0.442. The summed E-state index contributed by atoms with van der Waals surface area (Å²) < 4.78 is 16.4. The van der Waals surface area contributed by atoms with E-state index in [0.717, 1.165) is 84.2 Å². The van der Waals surface area contributed by atoms with Crippen LogP contribution in [-0.4, -0.2) is 126 Å². The summed E-state index contributed by atoms with van der Waals surface area (Å²) in [6.45, 7) is 12.7. The summed E-state index contributed by atoms with van der Waals surface area (Å²) in [6.07, 6.45) is 15.7. The van der Waals surface area contributed by atoms with Crippen LogP contribution in [0, 0.1) is 11.8 Å². The zero-order chi connectivity index (χ0) is 33.0. The van der Waals surface area contributed by atoms with Crippen LogP contribution >= 0.6 is 0 Å². The van der Waals surface area contributed by atoms with Crippen molar-refractivity contribution >= 4 is 18.3 Å². The summed E-state index contributed by atoms with van der Waals surface area (Å²) in [6, 6.07) is 2.12. The first-order valence-electron chi connectivity index (χ1n) is 19.0. The lowest BCUT2D eigenvalue weighted by atomic mass is 9.82. The molecule has 3 amide bonds. The number of ether oxygens (including phenoxy) is 3. The van der Waals surface area contributed by atoms with E-state index in [1.165, 1.54) is 44.9 Å². The number of hydrogen-bond acceptors (Lipinski definition) is 8. The average molecular weight is 660 g/mol. The topological polar surface area (TPSA) is 104 Å². The number of hydrogen-bond donors (Lipinski definition) is 1. The predicted molar refractivity (Wildman–Crippen MR) is 179 cm³/mol. The van der Waals surface area contributed by atoms with Gasteiger partial charge in [-0.1, -0.05) is 25.7 Å². The second-order valence-electron chi connectivity index (χ2n) is 16.1. The highest BCUT2D eigenvalue weighted by Gasteiger charge is 2.44. The molecule has 47 heavy (non-hydrogen) atoms. The number of carbonyl (C=O) groups excluding carboxylic acids is 3. The molecule has 0 aromatic rings. The van der Waals surface area contributed by atoms with Crippen molar-refractivity contribution in [3.63, 3.8) is 0 Å². The molecule has 1 N–H and O–H groups in total. The predicted octanol–water partition coefficient (Wildman–Crippen LogP) is 5.61. The van der Waals surface area contributed by atoms with Crippen LogP contribution in [0.15, 0.2) is 0 Å². The second-order valence-corrected chi connectivity index (χ2v) is 16.1. The number of fused-ring (bicyclic) bond motifs is 2. The molecule has 2 saturated carbocycles. The smallest absolute Gasteiger partial charge is 0.410 e. The molecule has 2 aliphatic carbocycles. The SMILES string of the molecule is CC(C)(C)OC(=O)N1CCC(N2CCC(N3C(=O)OC[C@H]4CCCC[C@@H]43)CC2)CC1.O=C1OC[C@H]2CCCC[C@@H]2N1C1CCNCC1. The number of nitrogens with zero attached hydrogens (tertiary/aromatic N) is 4. The molecule has 7 rings (SSSR count). The van der Waals surface area contributed by atoms with Gasteiger partial charge in [0, 0.05) is 68.2 Å². The van der Waals surface area contributed by atoms with Gasteiger partial charge in [-0.3, -0.25) is 0 Å². The van der Waals surface area contributed by atoms with Crippen molar-refractivity contribution in [2.24, 2.45) is 11.8 Å². The Morgan fingerprint density at radius 2 is 1.13 bits per heavy atom. The zero-order valence-electron chi connectivity index (χ0n) is 29.3. The van der Waals surface area contributed by atoms with Crippen LogP contribution < -0.4 is 5.32 Å². The summed E-state index contributed by atoms with van der Waals surface area (Å²) in [5, 5.41) is 3.36. The third-order valence-electron chi connectivity index (χ3n) is 11.9. The van der Waals surface area contributed by atoms with Crippen LogP contribution in [0.3, 0.4) is 0 Å². The molecule has 7 aliphatic rings. The minimum absolute atomic E-state index is 0.0555. The molecule has 5 aliphatic heterocycles. The van der Waals surface area contributed by atoms with Crippen LogP contribution in [-0.2, 0) is 14.2 Å². The molecule has 5 heterocycles. The molecule has 0 radical (unpaired) electrons. The van der Waals surface area contributed by atoms with Gasteiger partial charge in [-0.05, 0) is 98.1 Å². The Kier molecular flexibility index (Phi) is 11.4. The van der Waals surface area contributed by atoms with Gasteiger partial charge in [0.05, 0.1) is 13.2 Å². The van der Waals surface area contributed by atoms with Crippen LogP contribution in [0.2, 0.25) is 0 Å². The maximum Gasteiger partial charge on any atom is 0.410 e. The van der Waals surface area contributed by atoms with Gasteiger partial charge in [0.1, 0.15) is 5.60 Å². The molecule has 0 aromatic carbocycles. The molecule has 4 atom stereocenters. The van der Waals surface area contributed by atoms with Crippen molar-refractivity contribution in [3.05, 3.63) is 0 Å². The molecule has 11 heteroatoms. The second kappa shape index (κ2) is 15.5. The zero-order valence-corrected chi connectivity index (χ0v) is 29.3. The molecular weight excluding hydrogens is 598 g/mol. The van der Waals surface area contributed by atoms with E-state index in [9.17, 15) is 14.4 Å². The maximum atomic E-state index is 12.6. The van der Waals surface area contributed by atoms with E-state index < -0.39 is 5.60 Å². The highest BCUT2D eigenvalue weighted by atomic mass is 16.6. The largest absolute Gasteiger partial charge is 0.449 e. The number of nitrogens with one attached hydrogen (secondary N) is 1. The number of amides is 3. The van der Waals surface area contributed by atoms with Crippen molar-refractivity contribution in [3.8, 4) is 0 Å². The molecule has 7 fully saturated rings. The molecule has 0 aromatic heterocycles. The molecule has 0 unspecified atom stereocenters. The van der Waals surface area contributed by atoms with Crippen LogP contribution in [0.1, 0.15) is 111 Å². The van der Waals surface area contributed by atoms with E-state index in [4.69, 9.17) is 14.2 Å². The first-order valence-corrected chi connectivity index (χ1v) is 19.0. The quantitative estimate of drug-likeness (QED) is 0.390. The van der Waals surface area contributed by atoms with Crippen LogP contribution in [0.5, 0.6) is 0 Å². The average Bonchev–Trinajstić information content (AvgIpc) is 3.08. The van der Waals surface area contributed by atoms with Gasteiger partial charge in [0.15, 0.2) is 0 Å². The van der Waals surface area contributed by atoms with Gasteiger partial charge in [0.25, 0.3) is 0 Å². The van der Waals surface area contributed by atoms with Gasteiger partial charge < -0.3 is 39.1 Å². The number of likely N-dealkylation sites (tertiary alicyclic amines) is 2. The van der Waals surface area contributed by atoms with Gasteiger partial charge in [-0.15, -0.1) is 0 Å². The van der Waals surface area contributed by atoms with E-state index >= 15 is 0 Å². The third-order valence-corrected chi connectivity index (χ3v) is 11.9. The van der Waals surface area contributed by atoms with Gasteiger partial charge >= 0.3 is 18.3 Å². The molecule has 11 nitrogen and oxygen atoms in total. The van der Waals surface area contributed by atoms with Crippen molar-refractivity contribution in [1.82, 2.24) is 24.9 Å². The van der Waals surface area contributed by atoms with E-state index in [-0.39, 0.29) is 18.3 Å². The van der Waals surface area contributed by atoms with E-state index in [0.29, 0.717) is 55.3 Å². The Hall–Kier alpha value is -2.27. The van der Waals surface area contributed by atoms with Crippen LogP contribution in [0.25, 0.3) is 0 Å². The molecular formula is C36H61N5O6. The first-order chi connectivity index (χ1) is 22.7. The van der Waals surface area contributed by atoms with Gasteiger partial charge in [-0.2, -0.15) is 0 Å². The fourth-order valence-electron chi connectivity index (χ4n) is 9.47. The Morgan fingerprint density at radius 3 is 1.64 bits per heavy atom. The van der Waals surface area contributed by atoms with Gasteiger partial charge in [0.2, 0.25) is 0 Å². The lowest BCUT2D eigenvalue weighted by molar-refractivity contribution is -0.0412. The van der Waals surface area contributed by atoms with Crippen molar-refractivity contribution in [1.29, 1.82) is 0 Å². The summed E-state index contributed by atoms with van der Waals surface area (Å²) in [5.74, 6) is 1.13. The number of rotatable bonds is 3. The standard InChI is InChI=1S/C23H39N3O4.C13H22N2O2/c1-23(2,3)30-21(27)25-14-8-18(9-15-25)24-12-10-19(11-13-24)26-20-7-5-4-6-17(20)16-29-22(26)28;16-13-15(11-5-7-14-8-6-11)12-4-2-1-3-10(12)9-17-13/h17-20H,4-16H2,1-3H3;10-12,14H,1-9H2/t17-,20+;10-,12+/m11/s1. The third kappa shape index (κ3) is 8.49. The Labute approximate surface area is 282 Å². The highest BCUT2D eigenvalue weighted by molar-refractivity contribution is 5.70. The lowest BCUT2D eigenvalue weighted by Crippen LogP contribution is -2.59. The van der Waals surface area contributed by atoms with E-state index in [1.54, 1.807) is 0 Å². The fourth-order valence-corrected chi connectivity index (χ4v) is 9.47. The fraction of sp³-hybridized carbons (Fsp3) is 0.917. The molecule has 5 saturated heterocycles. The first kappa shape index (κ1) is 34.6. The van der Waals surface area contributed by atoms with Gasteiger partial charge in [-0.25, -0.2) is 14.4 Å². The maximum absolute atomic E-state index is 12.6. The van der Waals surface area contributed by atoms with Crippen molar-refractivity contribution in [2.75, 3.05) is 52.5 Å². The minimum Gasteiger partial charge on any atom is -0.449 e. The Balaban J connectivity index is 0.000000191. The summed E-state index contributed by atoms with van der Waals surface area (Å²) >= 11 is 0. The number of carbonyl (C=O) groups is 3. The van der Waals surface area contributed by atoms with Crippen molar-refractivity contribution in [2.45, 2.75) is 146 Å². The van der Waals surface area contributed by atoms with Crippen molar-refractivity contribution < 1.29 is 28.6 Å². The Bertz CT molecular complexity index is 1060. The molecule has 0 bridgehead atoms. The summed E-state index contributed by atoms with van der Waals surface area (Å²) in [5.41, 5.74) is -0.442. The van der Waals surface area contributed by atoms with E-state index in [1.807, 2.05) is 25.7 Å². The summed E-state index contributed by atoms with van der Waals surface area (Å²) in [4.78, 5) is 45.5. The lowest BCUT2D eigenvalue weighted by Gasteiger charge is -2.49. The van der Waals surface area contributed by atoms with E-state index in [2.05, 4.69) is 20.0 Å². The molecule has 0 spiro atoms. The normalized spacial score (nSPS) is 31.9. The Morgan fingerprint density at radius 1 is 0.660 bits per heavy atom. The van der Waals surface area contributed by atoms with Crippen LogP contribution in [0.4, 0.5) is 14.4 Å². The molecule has 266 valence electrons. The highest BCUT2D eigenvalue weighted by Crippen LogP contribution is 2.37. The number of cyclic esters (lactones) is 2. The monoisotopic (exact) mass is 659 g/mol. The summed E-state index contributed by atoms with van der Waals surface area (Å²) in [7, 11) is 0. The number of piperidine rings is 3.